The zero-order valence-electron chi connectivity index (χ0n) is 13.3. The molecule has 0 aliphatic carbocycles. The number of nitrogens with zero attached hydrogens (tertiary/aromatic N) is 2. The Kier molecular flexibility index (Phi) is 9.09. The molecule has 0 N–H and O–H groups in total. The van der Waals surface area contributed by atoms with Gasteiger partial charge in [-0.15, -0.1) is 12.4 Å². The highest BCUT2D eigenvalue weighted by Gasteiger charge is 2.17. The second-order valence-corrected chi connectivity index (χ2v) is 5.99. The van der Waals surface area contributed by atoms with Gasteiger partial charge in [-0.05, 0) is 18.7 Å². The lowest BCUT2D eigenvalue weighted by molar-refractivity contribution is 0.301. The van der Waals surface area contributed by atoms with Crippen molar-refractivity contribution in [1.29, 1.82) is 0 Å². The van der Waals surface area contributed by atoms with Crippen molar-refractivity contribution in [2.45, 2.75) is 32.2 Å². The minimum Gasteiger partial charge on any atom is -0.493 e. The Morgan fingerprint density at radius 1 is 1.27 bits per heavy atom. The van der Waals surface area contributed by atoms with Gasteiger partial charge in [-0.25, -0.2) is 4.98 Å². The van der Waals surface area contributed by atoms with Crippen LogP contribution in [-0.4, -0.2) is 28.2 Å². The largest absolute Gasteiger partial charge is 0.493 e. The minimum atomic E-state index is 0. The molecule has 122 valence electrons. The van der Waals surface area contributed by atoms with Crippen LogP contribution in [0.2, 0.25) is 0 Å². The smallest absolute Gasteiger partial charge is 0.124 e. The summed E-state index contributed by atoms with van der Waals surface area (Å²) < 4.78 is 8.18. The second-order valence-electron chi connectivity index (χ2n) is 5.07. The predicted octanol–water partition coefficient (Wildman–Crippen LogP) is 4.83. The standard InChI is InChI=1S/C17H24N2OS.ClH/c1-3-4-7-12-20-17-9-6-5-8-15(17)16(13-21-2)19-11-10-18-14-19;/h5-6,8-11,14,16H,3-4,7,12-13H2,1-2H3;1H. The Labute approximate surface area is 143 Å². The van der Waals surface area contributed by atoms with Crippen molar-refractivity contribution < 1.29 is 4.74 Å². The number of ether oxygens (including phenoxy) is 1. The van der Waals surface area contributed by atoms with E-state index in [0.29, 0.717) is 0 Å². The monoisotopic (exact) mass is 340 g/mol. The lowest BCUT2D eigenvalue weighted by atomic mass is 10.1. The fourth-order valence-corrected chi connectivity index (χ4v) is 3.04. The third kappa shape index (κ3) is 5.25. The molecular formula is C17H25ClN2OS. The summed E-state index contributed by atoms with van der Waals surface area (Å²) in [4.78, 5) is 4.18. The Morgan fingerprint density at radius 3 is 2.77 bits per heavy atom. The highest BCUT2D eigenvalue weighted by molar-refractivity contribution is 7.98. The van der Waals surface area contributed by atoms with Crippen LogP contribution in [0, 0.1) is 0 Å². The Balaban J connectivity index is 0.00000242. The van der Waals surface area contributed by atoms with Crippen molar-refractivity contribution in [2.75, 3.05) is 18.6 Å². The van der Waals surface area contributed by atoms with Crippen LogP contribution >= 0.6 is 24.2 Å². The molecule has 0 bridgehead atoms. The zero-order valence-corrected chi connectivity index (χ0v) is 14.9. The number of halogens is 1. The first-order valence-corrected chi connectivity index (χ1v) is 8.94. The van der Waals surface area contributed by atoms with Gasteiger partial charge in [-0.3, -0.25) is 0 Å². The molecule has 3 nitrogen and oxygen atoms in total. The van der Waals surface area contributed by atoms with Gasteiger partial charge in [0, 0.05) is 23.7 Å². The Hall–Kier alpha value is -1.13. The number of benzene rings is 1. The molecule has 1 aromatic heterocycles. The van der Waals surface area contributed by atoms with E-state index in [1.54, 1.807) is 0 Å². The normalized spacial score (nSPS) is 11.7. The van der Waals surface area contributed by atoms with Crippen LogP contribution in [0.1, 0.15) is 37.8 Å². The molecular weight excluding hydrogens is 316 g/mol. The summed E-state index contributed by atoms with van der Waals surface area (Å²) in [5.74, 6) is 2.01. The quantitative estimate of drug-likeness (QED) is 0.612. The van der Waals surface area contributed by atoms with Gasteiger partial charge in [0.05, 0.1) is 19.0 Å². The van der Waals surface area contributed by atoms with E-state index in [1.807, 2.05) is 36.5 Å². The van der Waals surface area contributed by atoms with Crippen LogP contribution in [0.5, 0.6) is 5.75 Å². The van der Waals surface area contributed by atoms with Crippen LogP contribution in [0.3, 0.4) is 0 Å². The average molecular weight is 341 g/mol. The van der Waals surface area contributed by atoms with E-state index in [2.05, 4.69) is 40.9 Å². The lowest BCUT2D eigenvalue weighted by Gasteiger charge is -2.21. The van der Waals surface area contributed by atoms with Gasteiger partial charge in [0.15, 0.2) is 0 Å². The van der Waals surface area contributed by atoms with E-state index in [-0.39, 0.29) is 18.4 Å². The van der Waals surface area contributed by atoms with Gasteiger partial charge in [-0.2, -0.15) is 11.8 Å². The number of hydrogen-bond donors (Lipinski definition) is 0. The first kappa shape index (κ1) is 18.9. The number of aromatic nitrogens is 2. The highest BCUT2D eigenvalue weighted by atomic mass is 35.5. The van der Waals surface area contributed by atoms with Crippen LogP contribution < -0.4 is 4.74 Å². The molecule has 0 amide bonds. The third-order valence-electron chi connectivity index (χ3n) is 3.49. The lowest BCUT2D eigenvalue weighted by Crippen LogP contribution is -2.13. The van der Waals surface area contributed by atoms with Crippen LogP contribution in [0.15, 0.2) is 43.0 Å². The molecule has 1 unspecified atom stereocenters. The molecule has 22 heavy (non-hydrogen) atoms. The van der Waals surface area contributed by atoms with Crippen molar-refractivity contribution in [3.8, 4) is 5.75 Å². The maximum atomic E-state index is 6.02. The van der Waals surface area contributed by atoms with Crippen molar-refractivity contribution in [1.82, 2.24) is 9.55 Å². The molecule has 0 spiro atoms. The molecule has 2 rings (SSSR count). The van der Waals surface area contributed by atoms with Gasteiger partial charge < -0.3 is 9.30 Å². The summed E-state index contributed by atoms with van der Waals surface area (Å²) in [5, 5.41) is 0. The van der Waals surface area contributed by atoms with E-state index in [0.717, 1.165) is 24.5 Å². The van der Waals surface area contributed by atoms with Gasteiger partial charge in [0.25, 0.3) is 0 Å². The Morgan fingerprint density at radius 2 is 2.09 bits per heavy atom. The van der Waals surface area contributed by atoms with E-state index < -0.39 is 0 Å². The fraction of sp³-hybridized carbons (Fsp3) is 0.471. The summed E-state index contributed by atoms with van der Waals surface area (Å²) in [5.41, 5.74) is 1.24. The molecule has 5 heteroatoms. The topological polar surface area (TPSA) is 27.1 Å². The third-order valence-corrected chi connectivity index (χ3v) is 4.14. The molecule has 1 atom stereocenters. The van der Waals surface area contributed by atoms with Crippen LogP contribution in [-0.2, 0) is 0 Å². The van der Waals surface area contributed by atoms with Gasteiger partial charge >= 0.3 is 0 Å². The van der Waals surface area contributed by atoms with Gasteiger partial charge in [0.2, 0.25) is 0 Å². The number of unbranched alkanes of at least 4 members (excludes halogenated alkanes) is 2. The first-order valence-electron chi connectivity index (χ1n) is 7.55. The second kappa shape index (κ2) is 10.6. The molecule has 0 fully saturated rings. The molecule has 1 aromatic carbocycles. The molecule has 1 heterocycles. The SMILES string of the molecule is CCCCCOc1ccccc1C(CSC)n1ccnc1.Cl. The molecule has 0 aliphatic rings. The number of para-hydroxylation sites is 1. The Bertz CT molecular complexity index is 519. The van der Waals surface area contributed by atoms with Crippen molar-refractivity contribution in [3.05, 3.63) is 48.5 Å². The van der Waals surface area contributed by atoms with E-state index in [4.69, 9.17) is 4.74 Å². The number of rotatable bonds is 9. The predicted molar refractivity (Wildman–Crippen MR) is 97.5 cm³/mol. The first-order chi connectivity index (χ1) is 10.4. The summed E-state index contributed by atoms with van der Waals surface area (Å²) in [6.45, 7) is 3.00. The molecule has 0 saturated carbocycles. The summed E-state index contributed by atoms with van der Waals surface area (Å²) in [6, 6.07) is 8.63. The average Bonchev–Trinajstić information content (AvgIpc) is 3.04. The van der Waals surface area contributed by atoms with Crippen LogP contribution in [0.25, 0.3) is 0 Å². The molecule has 0 aliphatic heterocycles. The fourth-order valence-electron chi connectivity index (χ4n) is 2.37. The van der Waals surface area contributed by atoms with Gasteiger partial charge in [-0.1, -0.05) is 38.0 Å². The molecule has 0 radical (unpaired) electrons. The van der Waals surface area contributed by atoms with Gasteiger partial charge in [0.1, 0.15) is 5.75 Å². The summed E-state index contributed by atoms with van der Waals surface area (Å²) in [7, 11) is 0. The van der Waals surface area contributed by atoms with Crippen molar-refractivity contribution in [2.24, 2.45) is 0 Å². The molecule has 2 aromatic rings. The van der Waals surface area contributed by atoms with E-state index in [9.17, 15) is 0 Å². The van der Waals surface area contributed by atoms with Crippen LogP contribution in [0.4, 0.5) is 0 Å². The number of imidazole rings is 1. The maximum absolute atomic E-state index is 6.02. The highest BCUT2D eigenvalue weighted by Crippen LogP contribution is 2.30. The van der Waals surface area contributed by atoms with Crippen molar-refractivity contribution >= 4 is 24.2 Å². The maximum Gasteiger partial charge on any atom is 0.124 e. The number of thioether (sulfide) groups is 1. The van der Waals surface area contributed by atoms with E-state index >= 15 is 0 Å². The summed E-state index contributed by atoms with van der Waals surface area (Å²) >= 11 is 1.84. The van der Waals surface area contributed by atoms with Crippen molar-refractivity contribution in [3.63, 3.8) is 0 Å². The number of hydrogen-bond acceptors (Lipinski definition) is 3. The minimum absolute atomic E-state index is 0. The molecule has 0 saturated heterocycles. The zero-order chi connectivity index (χ0) is 14.9. The summed E-state index contributed by atoms with van der Waals surface area (Å²) in [6.07, 6.45) is 11.4. The van der Waals surface area contributed by atoms with E-state index in [1.165, 1.54) is 18.4 Å².